The van der Waals surface area contributed by atoms with Crippen LogP contribution in [-0.4, -0.2) is 48.8 Å². The smallest absolute Gasteiger partial charge is 0.342 e. The van der Waals surface area contributed by atoms with E-state index in [1.807, 2.05) is 18.2 Å². The van der Waals surface area contributed by atoms with E-state index in [0.717, 1.165) is 18.9 Å². The van der Waals surface area contributed by atoms with Gasteiger partial charge >= 0.3 is 5.97 Å². The Hall–Kier alpha value is -2.55. The number of benzene rings is 1. The molecule has 2 rings (SSSR count). The number of nitrogens with zero attached hydrogens (tertiary/aromatic N) is 1. The molecule has 0 unspecified atom stereocenters. The number of fused-ring (bicyclic) bond motifs is 1. The third-order valence-corrected chi connectivity index (χ3v) is 4.40. The van der Waals surface area contributed by atoms with Crippen molar-refractivity contribution in [1.29, 1.82) is 0 Å². The molecule has 9 heteroatoms. The molecule has 158 valence electrons. The van der Waals surface area contributed by atoms with Crippen LogP contribution >= 0.6 is 11.6 Å². The molecule has 1 aromatic carbocycles. The molecular formula is C20H25ClN2O6. The van der Waals surface area contributed by atoms with Crippen molar-refractivity contribution in [2.75, 3.05) is 26.9 Å². The van der Waals surface area contributed by atoms with E-state index in [-0.39, 0.29) is 48.1 Å². The van der Waals surface area contributed by atoms with Gasteiger partial charge in [0.05, 0.1) is 17.3 Å². The number of rotatable bonds is 5. The van der Waals surface area contributed by atoms with Gasteiger partial charge in [0.2, 0.25) is 0 Å². The van der Waals surface area contributed by atoms with E-state index in [2.05, 4.69) is 10.6 Å². The highest BCUT2D eigenvalue weighted by Crippen LogP contribution is 2.37. The zero-order chi connectivity index (χ0) is 21.1. The molecule has 0 fully saturated rings. The molecule has 0 amide bonds. The van der Waals surface area contributed by atoms with Gasteiger partial charge in [-0.15, -0.1) is 0 Å². The molecule has 0 radical (unpaired) electrons. The molecule has 0 aliphatic carbocycles. The molecule has 0 bridgehead atoms. The molecule has 1 aromatic rings. The van der Waals surface area contributed by atoms with Gasteiger partial charge in [-0.3, -0.25) is 4.84 Å². The monoisotopic (exact) mass is 424 g/mol. The lowest BCUT2D eigenvalue weighted by Crippen LogP contribution is -2.14. The molecule has 0 aromatic heterocycles. The molecule has 1 aliphatic heterocycles. The Kier molecular flexibility index (Phi) is 9.49. The Morgan fingerprint density at radius 1 is 1.17 bits per heavy atom. The van der Waals surface area contributed by atoms with Crippen molar-refractivity contribution in [3.05, 3.63) is 46.5 Å². The van der Waals surface area contributed by atoms with Crippen molar-refractivity contribution >= 4 is 23.3 Å². The van der Waals surface area contributed by atoms with Crippen LogP contribution < -0.4 is 5.48 Å². The molecule has 0 atom stereocenters. The van der Waals surface area contributed by atoms with Crippen LogP contribution in [0.1, 0.15) is 35.2 Å². The number of phenols is 2. The van der Waals surface area contributed by atoms with Gasteiger partial charge < -0.3 is 19.8 Å². The maximum Gasteiger partial charge on any atom is 0.342 e. The summed E-state index contributed by atoms with van der Waals surface area (Å²) < 4.78 is 5.25. The number of halogens is 1. The highest BCUT2D eigenvalue weighted by Gasteiger charge is 2.24. The predicted molar refractivity (Wildman–Crippen MR) is 109 cm³/mol. The van der Waals surface area contributed by atoms with Crippen LogP contribution in [-0.2, 0) is 20.8 Å². The highest BCUT2D eigenvalue weighted by molar-refractivity contribution is 6.33. The van der Waals surface area contributed by atoms with Gasteiger partial charge in [-0.1, -0.05) is 35.0 Å². The van der Waals surface area contributed by atoms with Crippen molar-refractivity contribution in [2.24, 2.45) is 5.16 Å². The fourth-order valence-corrected chi connectivity index (χ4v) is 2.85. The topological polar surface area (TPSA) is 110 Å². The minimum Gasteiger partial charge on any atom is -0.507 e. The van der Waals surface area contributed by atoms with Crippen LogP contribution in [0.15, 0.2) is 35.5 Å². The van der Waals surface area contributed by atoms with Gasteiger partial charge in [0.15, 0.2) is 0 Å². The molecule has 0 spiro atoms. The number of ether oxygens (including phenoxy) is 1. The lowest BCUT2D eigenvalue weighted by Gasteiger charge is -2.14. The van der Waals surface area contributed by atoms with E-state index >= 15 is 0 Å². The van der Waals surface area contributed by atoms with Gasteiger partial charge in [-0.25, -0.2) is 10.3 Å². The first kappa shape index (κ1) is 22.7. The Morgan fingerprint density at radius 2 is 1.93 bits per heavy atom. The van der Waals surface area contributed by atoms with Gasteiger partial charge in [0.25, 0.3) is 0 Å². The SMILES string of the molecule is CNOCCO/N=C1/C=C/CC/C=C/CCOC(=O)c2c(O)cc(O)c(Cl)c2C1. The van der Waals surface area contributed by atoms with Crippen LogP contribution in [0.4, 0.5) is 0 Å². The van der Waals surface area contributed by atoms with Crippen molar-refractivity contribution in [3.8, 4) is 11.5 Å². The number of carbonyl (C=O) groups is 1. The molecule has 3 N–H and O–H groups in total. The Balaban J connectivity index is 2.38. The molecule has 1 aliphatic rings. The number of hydroxylamine groups is 1. The molecule has 0 saturated carbocycles. The minimum absolute atomic E-state index is 0.0461. The first-order valence-electron chi connectivity index (χ1n) is 9.24. The third-order valence-electron chi connectivity index (χ3n) is 3.98. The number of oxime groups is 1. The van der Waals surface area contributed by atoms with Gasteiger partial charge in [-0.2, -0.15) is 0 Å². The number of hydrogen-bond donors (Lipinski definition) is 3. The van der Waals surface area contributed by atoms with Crippen LogP contribution in [0, 0.1) is 0 Å². The first-order valence-corrected chi connectivity index (χ1v) is 9.61. The summed E-state index contributed by atoms with van der Waals surface area (Å²) in [5.74, 6) is -1.48. The zero-order valence-electron chi connectivity index (χ0n) is 16.2. The summed E-state index contributed by atoms with van der Waals surface area (Å²) in [6.45, 7) is 0.653. The quantitative estimate of drug-likeness (QED) is 0.288. The maximum absolute atomic E-state index is 12.5. The van der Waals surface area contributed by atoms with Crippen molar-refractivity contribution in [3.63, 3.8) is 0 Å². The van der Waals surface area contributed by atoms with Crippen molar-refractivity contribution < 1.29 is 29.4 Å². The number of allylic oxidation sites excluding steroid dienone is 3. The van der Waals surface area contributed by atoms with E-state index in [1.165, 1.54) is 0 Å². The fraction of sp³-hybridized carbons (Fsp3) is 0.400. The molecule has 1 heterocycles. The lowest BCUT2D eigenvalue weighted by molar-refractivity contribution is 0.00713. The average Bonchev–Trinajstić information content (AvgIpc) is 2.69. The lowest BCUT2D eigenvalue weighted by atomic mass is 9.99. The number of nitrogens with one attached hydrogen (secondary N) is 1. The normalized spacial score (nSPS) is 19.1. The van der Waals surface area contributed by atoms with Gasteiger partial charge in [0.1, 0.15) is 30.3 Å². The van der Waals surface area contributed by atoms with E-state index < -0.39 is 11.7 Å². The van der Waals surface area contributed by atoms with Crippen molar-refractivity contribution in [1.82, 2.24) is 5.48 Å². The van der Waals surface area contributed by atoms with E-state index in [0.29, 0.717) is 12.1 Å². The number of carbonyl (C=O) groups excluding carboxylic acids is 1. The molecule has 0 saturated heterocycles. The summed E-state index contributed by atoms with van der Waals surface area (Å²) >= 11 is 6.24. The predicted octanol–water partition coefficient (Wildman–Crippen LogP) is 3.27. The summed E-state index contributed by atoms with van der Waals surface area (Å²) in [6, 6.07) is 1.02. The number of cyclic esters (lactones) is 1. The molecular weight excluding hydrogens is 400 g/mol. The van der Waals surface area contributed by atoms with Crippen LogP contribution in [0.3, 0.4) is 0 Å². The van der Waals surface area contributed by atoms with E-state index in [4.69, 9.17) is 26.0 Å². The van der Waals surface area contributed by atoms with E-state index in [1.54, 1.807) is 13.1 Å². The summed E-state index contributed by atoms with van der Waals surface area (Å²) in [6.07, 6.45) is 9.83. The second kappa shape index (κ2) is 12.1. The Labute approximate surface area is 174 Å². The van der Waals surface area contributed by atoms with Crippen molar-refractivity contribution in [2.45, 2.75) is 25.7 Å². The first-order chi connectivity index (χ1) is 14.0. The second-order valence-electron chi connectivity index (χ2n) is 6.10. The minimum atomic E-state index is -0.725. The standard InChI is InChI=1S/C20H25ClN2O6/c1-22-28-10-11-29-23-14-8-6-4-2-3-5-7-9-27-20(26)18-15(12-14)19(21)17(25)13-16(18)24/h3,5-6,8,13,22,24-25H,2,4,7,9-12H2,1H3/b5-3+,8-6+,23-14-. The van der Waals surface area contributed by atoms with Gasteiger partial charge in [0, 0.05) is 19.5 Å². The summed E-state index contributed by atoms with van der Waals surface area (Å²) in [4.78, 5) is 22.8. The third kappa shape index (κ3) is 7.08. The summed E-state index contributed by atoms with van der Waals surface area (Å²) in [7, 11) is 1.64. The van der Waals surface area contributed by atoms with Gasteiger partial charge in [-0.05, 0) is 30.9 Å². The summed E-state index contributed by atoms with van der Waals surface area (Å²) in [5, 5.41) is 24.3. The zero-order valence-corrected chi connectivity index (χ0v) is 16.9. The Morgan fingerprint density at radius 3 is 2.72 bits per heavy atom. The second-order valence-corrected chi connectivity index (χ2v) is 6.48. The van der Waals surface area contributed by atoms with E-state index in [9.17, 15) is 15.0 Å². The largest absolute Gasteiger partial charge is 0.507 e. The Bertz CT molecular complexity index is 792. The van der Waals surface area contributed by atoms with Crippen LogP contribution in [0.25, 0.3) is 0 Å². The number of esters is 1. The highest BCUT2D eigenvalue weighted by atomic mass is 35.5. The molecule has 29 heavy (non-hydrogen) atoms. The molecule has 8 nitrogen and oxygen atoms in total. The maximum atomic E-state index is 12.5. The number of hydrogen-bond acceptors (Lipinski definition) is 8. The average molecular weight is 425 g/mol. The fourth-order valence-electron chi connectivity index (χ4n) is 2.63. The van der Waals surface area contributed by atoms with Crippen LogP contribution in [0.2, 0.25) is 5.02 Å². The summed E-state index contributed by atoms with van der Waals surface area (Å²) in [5.41, 5.74) is 3.09. The van der Waals surface area contributed by atoms with Crippen LogP contribution in [0.5, 0.6) is 11.5 Å². The number of phenolic OH excluding ortho intramolecular Hbond substituents is 2. The number of aromatic hydroxyl groups is 2.